The average molecular weight is 322 g/mol. The van der Waals surface area contributed by atoms with E-state index in [2.05, 4.69) is 10.3 Å². The van der Waals surface area contributed by atoms with Gasteiger partial charge in [-0.05, 0) is 30.9 Å². The second-order valence-corrected chi connectivity index (χ2v) is 7.53. The van der Waals surface area contributed by atoms with Crippen LogP contribution in [0.5, 0.6) is 0 Å². The van der Waals surface area contributed by atoms with Gasteiger partial charge < -0.3 is 11.1 Å². The van der Waals surface area contributed by atoms with Crippen LogP contribution >= 0.6 is 0 Å². The molecule has 3 N–H and O–H groups in total. The summed E-state index contributed by atoms with van der Waals surface area (Å²) in [4.78, 5) is 16.5. The van der Waals surface area contributed by atoms with Crippen molar-refractivity contribution in [2.24, 2.45) is 11.7 Å². The molecule has 2 aromatic heterocycles. The van der Waals surface area contributed by atoms with Crippen molar-refractivity contribution in [1.82, 2.24) is 14.7 Å². The van der Waals surface area contributed by atoms with Crippen LogP contribution in [0.25, 0.3) is 5.52 Å². The quantitative estimate of drug-likeness (QED) is 0.818. The van der Waals surface area contributed by atoms with Gasteiger partial charge in [0.05, 0.1) is 5.52 Å². The average Bonchev–Trinajstić information content (AvgIpc) is 3.22. The molecular weight excluding hydrogens is 304 g/mol. The maximum absolute atomic E-state index is 12.5. The summed E-state index contributed by atoms with van der Waals surface area (Å²) in [7, 11) is -3.53. The van der Waals surface area contributed by atoms with Crippen LogP contribution in [0.2, 0.25) is 0 Å². The van der Waals surface area contributed by atoms with Crippen LogP contribution in [0, 0.1) is 5.92 Å². The summed E-state index contributed by atoms with van der Waals surface area (Å²) < 4.78 is 25.1. The molecule has 0 aromatic carbocycles. The number of nitrogens with two attached hydrogens (primary N) is 1. The first-order valence-electron chi connectivity index (χ1n) is 7.10. The van der Waals surface area contributed by atoms with E-state index in [4.69, 9.17) is 5.73 Å². The molecule has 2 heterocycles. The van der Waals surface area contributed by atoms with E-state index < -0.39 is 9.84 Å². The van der Waals surface area contributed by atoms with Gasteiger partial charge in [0.1, 0.15) is 0 Å². The van der Waals surface area contributed by atoms with E-state index in [-0.39, 0.29) is 22.8 Å². The van der Waals surface area contributed by atoms with Crippen LogP contribution in [0.15, 0.2) is 29.6 Å². The highest BCUT2D eigenvalue weighted by atomic mass is 32.2. The first-order chi connectivity index (χ1) is 10.4. The van der Waals surface area contributed by atoms with E-state index in [0.29, 0.717) is 18.0 Å². The molecular formula is C14H18N4O3S. The van der Waals surface area contributed by atoms with Gasteiger partial charge in [-0.2, -0.15) is 0 Å². The molecule has 1 atom stereocenters. The lowest BCUT2D eigenvalue weighted by molar-refractivity contribution is 0.0930. The normalized spacial score (nSPS) is 16.6. The Morgan fingerprint density at radius 3 is 2.82 bits per heavy atom. The number of nitrogens with one attached hydrogen (secondary N) is 1. The molecule has 1 fully saturated rings. The lowest BCUT2D eigenvalue weighted by Crippen LogP contribution is -2.41. The summed E-state index contributed by atoms with van der Waals surface area (Å²) >= 11 is 0. The van der Waals surface area contributed by atoms with E-state index in [0.717, 1.165) is 19.1 Å². The molecule has 3 rings (SSSR count). The number of aromatic nitrogens is 2. The van der Waals surface area contributed by atoms with Gasteiger partial charge >= 0.3 is 0 Å². The molecule has 1 amide bonds. The van der Waals surface area contributed by atoms with E-state index in [1.54, 1.807) is 24.4 Å². The van der Waals surface area contributed by atoms with Crippen molar-refractivity contribution in [3.63, 3.8) is 0 Å². The second-order valence-electron chi connectivity index (χ2n) is 5.62. The van der Waals surface area contributed by atoms with Crippen molar-refractivity contribution in [2.45, 2.75) is 24.0 Å². The number of sulfone groups is 1. The van der Waals surface area contributed by atoms with E-state index in [1.807, 2.05) is 0 Å². The molecule has 0 bridgehead atoms. The molecule has 22 heavy (non-hydrogen) atoms. The standard InChI is InChI=1S/C14H18N4O3S/c1-22(20,21)14-17-12(11-4-2-3-7-18(11)14)13(19)16-10(8-15)9-5-6-9/h2-4,7,9-10H,5-6,8,15H2,1H3,(H,16,19). The molecule has 0 aliphatic heterocycles. The minimum Gasteiger partial charge on any atom is -0.346 e. The van der Waals surface area contributed by atoms with Crippen molar-refractivity contribution < 1.29 is 13.2 Å². The van der Waals surface area contributed by atoms with Crippen molar-refractivity contribution in [2.75, 3.05) is 12.8 Å². The molecule has 2 aromatic rings. The van der Waals surface area contributed by atoms with Crippen molar-refractivity contribution in [1.29, 1.82) is 0 Å². The zero-order valence-corrected chi connectivity index (χ0v) is 13.0. The Bertz CT molecular complexity index is 824. The molecule has 0 spiro atoms. The zero-order valence-electron chi connectivity index (χ0n) is 12.2. The van der Waals surface area contributed by atoms with E-state index in [1.165, 1.54) is 4.40 Å². The third-order valence-corrected chi connectivity index (χ3v) is 4.78. The fraction of sp³-hybridized carbons (Fsp3) is 0.429. The second kappa shape index (κ2) is 5.36. The number of hydrogen-bond acceptors (Lipinski definition) is 5. The largest absolute Gasteiger partial charge is 0.346 e. The van der Waals surface area contributed by atoms with Crippen molar-refractivity contribution in [3.8, 4) is 0 Å². The van der Waals surface area contributed by atoms with Crippen LogP contribution in [-0.4, -0.2) is 42.6 Å². The smallest absolute Gasteiger partial charge is 0.272 e. The third-order valence-electron chi connectivity index (χ3n) is 3.82. The Kier molecular flexibility index (Phi) is 3.65. The molecule has 118 valence electrons. The van der Waals surface area contributed by atoms with E-state index in [9.17, 15) is 13.2 Å². The maximum atomic E-state index is 12.5. The predicted octanol–water partition coefficient (Wildman–Crippen LogP) is 0.205. The Morgan fingerprint density at radius 2 is 2.23 bits per heavy atom. The zero-order chi connectivity index (χ0) is 15.9. The van der Waals surface area contributed by atoms with Gasteiger partial charge in [0, 0.05) is 25.0 Å². The summed E-state index contributed by atoms with van der Waals surface area (Å²) in [6.07, 6.45) is 4.77. The Balaban J connectivity index is 2.01. The third kappa shape index (κ3) is 2.71. The Morgan fingerprint density at radius 1 is 1.50 bits per heavy atom. The van der Waals surface area contributed by atoms with E-state index >= 15 is 0 Å². The molecule has 1 saturated carbocycles. The maximum Gasteiger partial charge on any atom is 0.272 e. The van der Waals surface area contributed by atoms with Gasteiger partial charge in [0.15, 0.2) is 5.69 Å². The molecule has 0 saturated heterocycles. The van der Waals surface area contributed by atoms with Crippen LogP contribution in [0.3, 0.4) is 0 Å². The molecule has 1 aliphatic carbocycles. The van der Waals surface area contributed by atoms with Gasteiger partial charge in [-0.25, -0.2) is 13.4 Å². The van der Waals surface area contributed by atoms with Crippen LogP contribution < -0.4 is 11.1 Å². The van der Waals surface area contributed by atoms with Crippen molar-refractivity contribution >= 4 is 21.3 Å². The Hall–Kier alpha value is -1.93. The SMILES string of the molecule is CS(=O)(=O)c1nc(C(=O)NC(CN)C2CC2)c2ccccn12. The summed E-state index contributed by atoms with van der Waals surface area (Å²) in [5.41, 5.74) is 6.27. The van der Waals surface area contributed by atoms with Gasteiger partial charge in [-0.15, -0.1) is 0 Å². The number of carbonyl (C=O) groups excluding carboxylic acids is 1. The fourth-order valence-electron chi connectivity index (χ4n) is 2.54. The van der Waals surface area contributed by atoms with Gasteiger partial charge in [-0.3, -0.25) is 9.20 Å². The van der Waals surface area contributed by atoms with Crippen LogP contribution in [-0.2, 0) is 9.84 Å². The number of hydrogen-bond donors (Lipinski definition) is 2. The predicted molar refractivity (Wildman–Crippen MR) is 81.3 cm³/mol. The molecule has 1 unspecified atom stereocenters. The number of rotatable bonds is 5. The monoisotopic (exact) mass is 322 g/mol. The van der Waals surface area contributed by atoms with Gasteiger partial charge in [0.2, 0.25) is 15.0 Å². The number of amides is 1. The first kappa shape index (κ1) is 15.0. The van der Waals surface area contributed by atoms with Gasteiger partial charge in [0.25, 0.3) is 5.91 Å². The minimum absolute atomic E-state index is 0.0883. The Labute approximate surface area is 128 Å². The van der Waals surface area contributed by atoms with Gasteiger partial charge in [-0.1, -0.05) is 6.07 Å². The number of imidazole rings is 1. The lowest BCUT2D eigenvalue weighted by Gasteiger charge is -2.15. The summed E-state index contributed by atoms with van der Waals surface area (Å²) in [6, 6.07) is 5.01. The first-order valence-corrected chi connectivity index (χ1v) is 8.99. The van der Waals surface area contributed by atoms with Crippen LogP contribution in [0.4, 0.5) is 0 Å². The summed E-state index contributed by atoms with van der Waals surface area (Å²) in [5.74, 6) is 0.0261. The number of carbonyl (C=O) groups is 1. The molecule has 0 radical (unpaired) electrons. The highest BCUT2D eigenvalue weighted by Gasteiger charge is 2.32. The number of fused-ring (bicyclic) bond motifs is 1. The molecule has 8 heteroatoms. The molecule has 1 aliphatic rings. The fourth-order valence-corrected chi connectivity index (χ4v) is 3.32. The minimum atomic E-state index is -3.53. The summed E-state index contributed by atoms with van der Waals surface area (Å²) in [6.45, 7) is 0.362. The highest BCUT2D eigenvalue weighted by Crippen LogP contribution is 2.32. The molecule has 7 nitrogen and oxygen atoms in total. The number of pyridine rings is 1. The summed E-state index contributed by atoms with van der Waals surface area (Å²) in [5, 5.41) is 2.73. The number of nitrogens with zero attached hydrogens (tertiary/aromatic N) is 2. The lowest BCUT2D eigenvalue weighted by atomic mass is 10.2. The highest BCUT2D eigenvalue weighted by molar-refractivity contribution is 7.90. The topological polar surface area (TPSA) is 107 Å². The van der Waals surface area contributed by atoms with Crippen molar-refractivity contribution in [3.05, 3.63) is 30.1 Å². The van der Waals surface area contributed by atoms with Crippen LogP contribution in [0.1, 0.15) is 23.3 Å².